The van der Waals surface area contributed by atoms with E-state index in [2.05, 4.69) is 26.0 Å². The fourth-order valence-electron chi connectivity index (χ4n) is 4.07. The molecule has 34 heavy (non-hydrogen) atoms. The zero-order valence-corrected chi connectivity index (χ0v) is 19.9. The summed E-state index contributed by atoms with van der Waals surface area (Å²) < 4.78 is 14.1. The summed E-state index contributed by atoms with van der Waals surface area (Å²) in [7, 11) is 1.50. The number of hydrogen-bond donors (Lipinski definition) is 0. The van der Waals surface area contributed by atoms with Gasteiger partial charge in [-0.15, -0.1) is 0 Å². The second kappa shape index (κ2) is 9.59. The van der Waals surface area contributed by atoms with Gasteiger partial charge in [-0.05, 0) is 61.2 Å². The first-order valence-electron chi connectivity index (χ1n) is 11.3. The second-order valence-corrected chi connectivity index (χ2v) is 8.86. The molecule has 1 heterocycles. The quantitative estimate of drug-likeness (QED) is 0.529. The Labute approximate surface area is 199 Å². The van der Waals surface area contributed by atoms with E-state index in [1.807, 2.05) is 37.3 Å². The number of benzene rings is 3. The van der Waals surface area contributed by atoms with Crippen molar-refractivity contribution >= 4 is 17.5 Å². The maximum Gasteiger partial charge on any atom is 0.262 e. The Hall–Kier alpha value is -3.80. The average molecular weight is 458 g/mol. The van der Waals surface area contributed by atoms with Crippen molar-refractivity contribution in [2.45, 2.75) is 33.2 Å². The number of hydrazone groups is 1. The molecule has 0 unspecified atom stereocenters. The summed E-state index contributed by atoms with van der Waals surface area (Å²) in [5, 5.41) is 6.17. The standard InChI is InChI=1S/C28H28FN3O2/c1-18-9-12-21(13-10-18)26-16-25(22-14-11-19(2)20(3)15-22)30-32(26)27(33)17-31(4)28(34)23-7-5-6-8-24(23)29/h5-15,26H,16-17H2,1-4H3/t26-/m0/s1. The van der Waals surface area contributed by atoms with Crippen LogP contribution in [0.15, 0.2) is 71.8 Å². The molecule has 0 radical (unpaired) electrons. The highest BCUT2D eigenvalue weighted by molar-refractivity contribution is 6.04. The monoisotopic (exact) mass is 457 g/mol. The molecule has 2 amide bonds. The largest absolute Gasteiger partial charge is 0.332 e. The molecule has 3 aromatic rings. The van der Waals surface area contributed by atoms with Gasteiger partial charge in [0.05, 0.1) is 17.3 Å². The van der Waals surface area contributed by atoms with Crippen molar-refractivity contribution in [2.75, 3.05) is 13.6 Å². The molecule has 0 N–H and O–H groups in total. The van der Waals surface area contributed by atoms with Crippen LogP contribution in [0.1, 0.15) is 50.6 Å². The van der Waals surface area contributed by atoms with Crippen LogP contribution >= 0.6 is 0 Å². The van der Waals surface area contributed by atoms with E-state index in [4.69, 9.17) is 5.10 Å². The van der Waals surface area contributed by atoms with Crippen molar-refractivity contribution in [3.05, 3.63) is 106 Å². The molecule has 0 aliphatic carbocycles. The van der Waals surface area contributed by atoms with E-state index in [-0.39, 0.29) is 24.1 Å². The van der Waals surface area contributed by atoms with Crippen LogP contribution in [-0.4, -0.2) is 41.0 Å². The fraction of sp³-hybridized carbons (Fsp3) is 0.250. The lowest BCUT2D eigenvalue weighted by molar-refractivity contribution is -0.133. The zero-order chi connectivity index (χ0) is 24.4. The molecule has 174 valence electrons. The third kappa shape index (κ3) is 4.76. The molecule has 5 nitrogen and oxygen atoms in total. The van der Waals surface area contributed by atoms with Crippen LogP contribution in [0.2, 0.25) is 0 Å². The van der Waals surface area contributed by atoms with Gasteiger partial charge in [0.2, 0.25) is 0 Å². The van der Waals surface area contributed by atoms with Gasteiger partial charge in [0.15, 0.2) is 0 Å². The van der Waals surface area contributed by atoms with Crippen molar-refractivity contribution < 1.29 is 14.0 Å². The van der Waals surface area contributed by atoms with Gasteiger partial charge in [-0.25, -0.2) is 9.40 Å². The van der Waals surface area contributed by atoms with Gasteiger partial charge in [-0.2, -0.15) is 5.10 Å². The molecule has 6 heteroatoms. The molecule has 1 aliphatic heterocycles. The van der Waals surface area contributed by atoms with Crippen LogP contribution in [0, 0.1) is 26.6 Å². The van der Waals surface area contributed by atoms with Crippen LogP contribution in [0.3, 0.4) is 0 Å². The first-order chi connectivity index (χ1) is 16.2. The minimum absolute atomic E-state index is 0.0615. The van der Waals surface area contributed by atoms with E-state index < -0.39 is 11.7 Å². The lowest BCUT2D eigenvalue weighted by Gasteiger charge is -2.25. The predicted molar refractivity (Wildman–Crippen MR) is 131 cm³/mol. The minimum Gasteiger partial charge on any atom is -0.332 e. The zero-order valence-electron chi connectivity index (χ0n) is 19.9. The number of halogens is 1. The van der Waals surface area contributed by atoms with E-state index in [1.165, 1.54) is 40.7 Å². The molecule has 0 bridgehead atoms. The smallest absolute Gasteiger partial charge is 0.262 e. The Morgan fingerprint density at radius 3 is 2.38 bits per heavy atom. The number of amides is 2. The van der Waals surface area contributed by atoms with Gasteiger partial charge in [-0.3, -0.25) is 9.59 Å². The number of aryl methyl sites for hydroxylation is 3. The SMILES string of the molecule is Cc1ccc([C@@H]2CC(c3ccc(C)c(C)c3)=NN2C(=O)CN(C)C(=O)c2ccccc2F)cc1. The lowest BCUT2D eigenvalue weighted by atomic mass is 9.96. The fourth-order valence-corrected chi connectivity index (χ4v) is 4.07. The Bertz CT molecular complexity index is 1270. The van der Waals surface area contributed by atoms with E-state index in [9.17, 15) is 14.0 Å². The number of carbonyl (C=O) groups excluding carboxylic acids is 2. The summed E-state index contributed by atoms with van der Waals surface area (Å²) in [6, 6.07) is 19.7. The highest BCUT2D eigenvalue weighted by Gasteiger charge is 2.34. The van der Waals surface area contributed by atoms with Gasteiger partial charge in [0.25, 0.3) is 11.8 Å². The summed E-state index contributed by atoms with van der Waals surface area (Å²) in [6.07, 6.45) is 0.572. The Morgan fingerprint density at radius 2 is 1.71 bits per heavy atom. The average Bonchev–Trinajstić information content (AvgIpc) is 3.27. The second-order valence-electron chi connectivity index (χ2n) is 8.86. The number of carbonyl (C=O) groups is 2. The molecule has 0 fully saturated rings. The van der Waals surface area contributed by atoms with Crippen molar-refractivity contribution in [3.63, 3.8) is 0 Å². The molecule has 0 spiro atoms. The molecule has 0 saturated heterocycles. The van der Waals surface area contributed by atoms with Gasteiger partial charge < -0.3 is 4.90 Å². The highest BCUT2D eigenvalue weighted by Crippen LogP contribution is 2.33. The first kappa shape index (κ1) is 23.4. The maximum absolute atomic E-state index is 14.1. The number of likely N-dealkylation sites (N-methyl/N-ethyl adjacent to an activating group) is 1. The highest BCUT2D eigenvalue weighted by atomic mass is 19.1. The van der Waals surface area contributed by atoms with Crippen molar-refractivity contribution in [3.8, 4) is 0 Å². The maximum atomic E-state index is 14.1. The predicted octanol–water partition coefficient (Wildman–Crippen LogP) is 5.20. The minimum atomic E-state index is -0.611. The Kier molecular flexibility index (Phi) is 6.59. The molecule has 0 saturated carbocycles. The molecular formula is C28H28FN3O2. The molecule has 1 atom stereocenters. The van der Waals surface area contributed by atoms with Crippen molar-refractivity contribution in [1.82, 2.24) is 9.91 Å². The van der Waals surface area contributed by atoms with Crippen molar-refractivity contribution in [1.29, 1.82) is 0 Å². The number of rotatable bonds is 5. The van der Waals surface area contributed by atoms with Crippen LogP contribution in [0.5, 0.6) is 0 Å². The lowest BCUT2D eigenvalue weighted by Crippen LogP contribution is -2.39. The Morgan fingerprint density at radius 1 is 1.00 bits per heavy atom. The first-order valence-corrected chi connectivity index (χ1v) is 11.3. The normalized spacial score (nSPS) is 15.3. The topological polar surface area (TPSA) is 53.0 Å². The summed E-state index contributed by atoms with van der Waals surface area (Å²) in [5.41, 5.74) is 6.20. The molecule has 3 aromatic carbocycles. The van der Waals surface area contributed by atoms with Gasteiger partial charge in [0.1, 0.15) is 12.4 Å². The van der Waals surface area contributed by atoms with Crippen LogP contribution in [-0.2, 0) is 4.79 Å². The molecule has 1 aliphatic rings. The van der Waals surface area contributed by atoms with Crippen LogP contribution in [0.4, 0.5) is 4.39 Å². The molecule has 0 aromatic heterocycles. The summed E-state index contributed by atoms with van der Waals surface area (Å²) in [5.74, 6) is -1.48. The summed E-state index contributed by atoms with van der Waals surface area (Å²) in [6.45, 7) is 5.92. The van der Waals surface area contributed by atoms with Crippen LogP contribution in [0.25, 0.3) is 0 Å². The van der Waals surface area contributed by atoms with E-state index >= 15 is 0 Å². The van der Waals surface area contributed by atoms with Gasteiger partial charge in [0, 0.05) is 13.5 Å². The van der Waals surface area contributed by atoms with E-state index in [1.54, 1.807) is 6.07 Å². The number of nitrogens with zero attached hydrogens (tertiary/aromatic N) is 3. The van der Waals surface area contributed by atoms with Gasteiger partial charge in [-0.1, -0.05) is 54.1 Å². The van der Waals surface area contributed by atoms with E-state index in [0.29, 0.717) is 6.42 Å². The van der Waals surface area contributed by atoms with Crippen LogP contribution < -0.4 is 0 Å². The number of hydrogen-bond acceptors (Lipinski definition) is 3. The van der Waals surface area contributed by atoms with Gasteiger partial charge >= 0.3 is 0 Å². The summed E-state index contributed by atoms with van der Waals surface area (Å²) >= 11 is 0. The van der Waals surface area contributed by atoms with Crippen molar-refractivity contribution in [2.24, 2.45) is 5.10 Å². The third-order valence-corrected chi connectivity index (χ3v) is 6.29. The summed E-state index contributed by atoms with van der Waals surface area (Å²) in [4.78, 5) is 27.3. The third-order valence-electron chi connectivity index (χ3n) is 6.29. The molecular weight excluding hydrogens is 429 g/mol. The van der Waals surface area contributed by atoms with E-state index in [0.717, 1.165) is 28.0 Å². The Balaban J connectivity index is 1.61. The molecule has 4 rings (SSSR count).